The highest BCUT2D eigenvalue weighted by Crippen LogP contribution is 2.48. The van der Waals surface area contributed by atoms with Gasteiger partial charge in [-0.3, -0.25) is 4.79 Å². The van der Waals surface area contributed by atoms with Crippen LogP contribution in [0.15, 0.2) is 24.3 Å². The molecule has 2 fully saturated rings. The fourth-order valence-corrected chi connectivity index (χ4v) is 4.05. The first kappa shape index (κ1) is 13.5. The number of carbonyl (C=O) groups is 1. The SMILES string of the molecule is CN(CC1CC2CCC1C2)C(=O)Cc1ccccc1N. The Bertz CT molecular complexity index is 500. The molecule has 1 amide bonds. The molecule has 3 unspecified atom stereocenters. The summed E-state index contributed by atoms with van der Waals surface area (Å²) < 4.78 is 0. The van der Waals surface area contributed by atoms with Crippen molar-refractivity contribution < 1.29 is 4.79 Å². The number of likely N-dealkylation sites (N-methyl/N-ethyl adjacent to an activating group) is 1. The lowest BCUT2D eigenvalue weighted by atomic mass is 9.88. The second kappa shape index (κ2) is 5.47. The van der Waals surface area contributed by atoms with Crippen LogP contribution in [0.1, 0.15) is 31.2 Å². The van der Waals surface area contributed by atoms with E-state index in [1.165, 1.54) is 25.7 Å². The molecule has 20 heavy (non-hydrogen) atoms. The molecule has 2 bridgehead atoms. The lowest BCUT2D eigenvalue weighted by Gasteiger charge is -2.27. The number of nitrogens with zero attached hydrogens (tertiary/aromatic N) is 1. The molecule has 2 N–H and O–H groups in total. The van der Waals surface area contributed by atoms with Gasteiger partial charge in [0.25, 0.3) is 0 Å². The van der Waals surface area contributed by atoms with E-state index < -0.39 is 0 Å². The number of nitrogens with two attached hydrogens (primary N) is 1. The standard InChI is InChI=1S/C17H24N2O/c1-19(11-15-9-12-6-7-13(15)8-12)17(20)10-14-4-2-3-5-16(14)18/h2-5,12-13,15H,6-11,18H2,1H3. The van der Waals surface area contributed by atoms with Crippen LogP contribution in [0, 0.1) is 17.8 Å². The molecule has 2 aliphatic rings. The number of anilines is 1. The average molecular weight is 272 g/mol. The lowest BCUT2D eigenvalue weighted by molar-refractivity contribution is -0.129. The molecule has 0 heterocycles. The third kappa shape index (κ3) is 2.67. The van der Waals surface area contributed by atoms with Crippen LogP contribution in [-0.2, 0) is 11.2 Å². The molecular weight excluding hydrogens is 248 g/mol. The minimum absolute atomic E-state index is 0.186. The molecule has 2 saturated carbocycles. The first-order valence-corrected chi connectivity index (χ1v) is 7.71. The molecule has 2 aliphatic carbocycles. The third-order valence-corrected chi connectivity index (χ3v) is 5.22. The van der Waals surface area contributed by atoms with E-state index in [2.05, 4.69) is 0 Å². The van der Waals surface area contributed by atoms with Crippen LogP contribution in [0.3, 0.4) is 0 Å². The Hall–Kier alpha value is -1.51. The third-order valence-electron chi connectivity index (χ3n) is 5.22. The molecule has 108 valence electrons. The molecular formula is C17H24N2O. The van der Waals surface area contributed by atoms with Gasteiger partial charge in [0.15, 0.2) is 0 Å². The van der Waals surface area contributed by atoms with Gasteiger partial charge < -0.3 is 10.6 Å². The maximum Gasteiger partial charge on any atom is 0.226 e. The Balaban J connectivity index is 1.56. The van der Waals surface area contributed by atoms with E-state index in [4.69, 9.17) is 5.73 Å². The lowest BCUT2D eigenvalue weighted by Crippen LogP contribution is -2.34. The van der Waals surface area contributed by atoms with Crippen LogP contribution in [0.4, 0.5) is 5.69 Å². The Labute approximate surface area is 121 Å². The van der Waals surface area contributed by atoms with Gasteiger partial charge in [0.1, 0.15) is 0 Å². The predicted molar refractivity (Wildman–Crippen MR) is 81.1 cm³/mol. The fourth-order valence-electron chi connectivity index (χ4n) is 4.05. The van der Waals surface area contributed by atoms with Gasteiger partial charge in [-0.1, -0.05) is 24.6 Å². The van der Waals surface area contributed by atoms with Gasteiger partial charge in [-0.2, -0.15) is 0 Å². The first-order valence-electron chi connectivity index (χ1n) is 7.71. The molecule has 3 heteroatoms. The van der Waals surface area contributed by atoms with Gasteiger partial charge in [0.2, 0.25) is 5.91 Å². The van der Waals surface area contributed by atoms with Crippen molar-refractivity contribution in [2.24, 2.45) is 17.8 Å². The zero-order valence-electron chi connectivity index (χ0n) is 12.2. The zero-order valence-corrected chi connectivity index (χ0v) is 12.2. The van der Waals surface area contributed by atoms with Crippen molar-refractivity contribution in [1.82, 2.24) is 4.90 Å². The number of para-hydroxylation sites is 1. The summed E-state index contributed by atoms with van der Waals surface area (Å²) in [6, 6.07) is 7.65. The van der Waals surface area contributed by atoms with Crippen molar-refractivity contribution >= 4 is 11.6 Å². The zero-order chi connectivity index (χ0) is 14.1. The fraction of sp³-hybridized carbons (Fsp3) is 0.588. The second-order valence-electron chi connectivity index (χ2n) is 6.58. The molecule has 1 aromatic rings. The monoisotopic (exact) mass is 272 g/mol. The van der Waals surface area contributed by atoms with E-state index in [1.807, 2.05) is 36.2 Å². The number of amides is 1. The highest BCUT2D eigenvalue weighted by Gasteiger charge is 2.39. The molecule has 0 radical (unpaired) electrons. The summed E-state index contributed by atoms with van der Waals surface area (Å²) >= 11 is 0. The Kier molecular flexibility index (Phi) is 3.68. The maximum absolute atomic E-state index is 12.3. The summed E-state index contributed by atoms with van der Waals surface area (Å²) in [4.78, 5) is 14.2. The molecule has 0 saturated heterocycles. The smallest absolute Gasteiger partial charge is 0.226 e. The molecule has 0 aliphatic heterocycles. The molecule has 0 aromatic heterocycles. The van der Waals surface area contributed by atoms with Gasteiger partial charge >= 0.3 is 0 Å². The number of rotatable bonds is 4. The van der Waals surface area contributed by atoms with Crippen LogP contribution in [-0.4, -0.2) is 24.4 Å². The minimum Gasteiger partial charge on any atom is -0.398 e. The summed E-state index contributed by atoms with van der Waals surface area (Å²) in [7, 11) is 1.94. The van der Waals surface area contributed by atoms with Crippen molar-refractivity contribution in [2.45, 2.75) is 32.1 Å². The first-order chi connectivity index (χ1) is 9.63. The van der Waals surface area contributed by atoms with Crippen LogP contribution in [0.25, 0.3) is 0 Å². The summed E-state index contributed by atoms with van der Waals surface area (Å²) in [6.45, 7) is 0.923. The van der Waals surface area contributed by atoms with Gasteiger partial charge in [-0.05, 0) is 48.6 Å². The van der Waals surface area contributed by atoms with E-state index >= 15 is 0 Å². The number of hydrogen-bond donors (Lipinski definition) is 1. The highest BCUT2D eigenvalue weighted by atomic mass is 16.2. The molecule has 3 nitrogen and oxygen atoms in total. The number of benzene rings is 1. The normalized spacial score (nSPS) is 27.8. The largest absolute Gasteiger partial charge is 0.398 e. The summed E-state index contributed by atoms with van der Waals surface area (Å²) in [5, 5.41) is 0. The second-order valence-corrected chi connectivity index (χ2v) is 6.58. The number of nitrogen functional groups attached to an aromatic ring is 1. The molecule has 3 atom stereocenters. The van der Waals surface area contributed by atoms with E-state index in [0.29, 0.717) is 12.1 Å². The highest BCUT2D eigenvalue weighted by molar-refractivity contribution is 5.80. The molecule has 3 rings (SSSR count). The van der Waals surface area contributed by atoms with Gasteiger partial charge in [0, 0.05) is 19.3 Å². The number of fused-ring (bicyclic) bond motifs is 2. The van der Waals surface area contributed by atoms with Crippen LogP contribution in [0.2, 0.25) is 0 Å². The van der Waals surface area contributed by atoms with Crippen LogP contribution < -0.4 is 5.73 Å². The average Bonchev–Trinajstić information content (AvgIpc) is 3.03. The van der Waals surface area contributed by atoms with Crippen molar-refractivity contribution in [3.8, 4) is 0 Å². The van der Waals surface area contributed by atoms with E-state index in [1.54, 1.807) is 0 Å². The summed E-state index contributed by atoms with van der Waals surface area (Å²) in [5.74, 6) is 2.73. The summed E-state index contributed by atoms with van der Waals surface area (Å²) in [5.41, 5.74) is 7.57. The van der Waals surface area contributed by atoms with Gasteiger partial charge in [-0.15, -0.1) is 0 Å². The van der Waals surface area contributed by atoms with Crippen molar-refractivity contribution in [3.05, 3.63) is 29.8 Å². The maximum atomic E-state index is 12.3. The molecule has 0 spiro atoms. The van der Waals surface area contributed by atoms with E-state index in [9.17, 15) is 4.79 Å². The van der Waals surface area contributed by atoms with Gasteiger partial charge in [0.05, 0.1) is 6.42 Å². The predicted octanol–water partition coefficient (Wildman–Crippen LogP) is 2.71. The quantitative estimate of drug-likeness (QED) is 0.857. The Morgan fingerprint density at radius 1 is 1.30 bits per heavy atom. The van der Waals surface area contributed by atoms with Crippen LogP contribution >= 0.6 is 0 Å². The topological polar surface area (TPSA) is 46.3 Å². The Morgan fingerprint density at radius 2 is 2.10 bits per heavy atom. The Morgan fingerprint density at radius 3 is 2.75 bits per heavy atom. The van der Waals surface area contributed by atoms with E-state index in [0.717, 1.165) is 29.9 Å². The van der Waals surface area contributed by atoms with Crippen molar-refractivity contribution in [1.29, 1.82) is 0 Å². The summed E-state index contributed by atoms with van der Waals surface area (Å²) in [6.07, 6.45) is 5.94. The number of carbonyl (C=O) groups excluding carboxylic acids is 1. The van der Waals surface area contributed by atoms with Gasteiger partial charge in [-0.25, -0.2) is 0 Å². The minimum atomic E-state index is 0.186. The van der Waals surface area contributed by atoms with Crippen LogP contribution in [0.5, 0.6) is 0 Å². The molecule has 1 aromatic carbocycles. The van der Waals surface area contributed by atoms with Crippen molar-refractivity contribution in [2.75, 3.05) is 19.3 Å². The number of hydrogen-bond acceptors (Lipinski definition) is 2. The van der Waals surface area contributed by atoms with Crippen molar-refractivity contribution in [3.63, 3.8) is 0 Å². The van der Waals surface area contributed by atoms with E-state index in [-0.39, 0.29) is 5.91 Å².